The maximum Gasteiger partial charge on any atom is 0.244 e. The molecule has 1 saturated heterocycles. The zero-order valence-electron chi connectivity index (χ0n) is 12.7. The van der Waals surface area contributed by atoms with E-state index in [0.717, 1.165) is 12.1 Å². The Morgan fingerprint density at radius 1 is 1.30 bits per heavy atom. The molecular formula is C16H18ClN3O2S. The first-order valence-electron chi connectivity index (χ1n) is 7.41. The molecule has 5 nitrogen and oxygen atoms in total. The van der Waals surface area contributed by atoms with E-state index in [2.05, 4.69) is 10.3 Å². The van der Waals surface area contributed by atoms with Gasteiger partial charge in [-0.15, -0.1) is 0 Å². The molecule has 1 N–H and O–H groups in total. The normalized spacial score (nSPS) is 19.0. The molecule has 1 aliphatic rings. The summed E-state index contributed by atoms with van der Waals surface area (Å²) in [6, 6.07) is 11.5. The van der Waals surface area contributed by atoms with E-state index in [0.29, 0.717) is 23.8 Å². The molecule has 23 heavy (non-hydrogen) atoms. The second-order valence-electron chi connectivity index (χ2n) is 5.64. The average molecular weight is 352 g/mol. The summed E-state index contributed by atoms with van der Waals surface area (Å²) in [6.45, 7) is 2.69. The minimum absolute atomic E-state index is 0.105. The number of anilines is 1. The molecule has 1 aromatic carbocycles. The number of sulfonamides is 1. The van der Waals surface area contributed by atoms with Crippen LogP contribution in [0.5, 0.6) is 0 Å². The predicted octanol–water partition coefficient (Wildman–Crippen LogP) is 2.92. The molecular weight excluding hydrogens is 334 g/mol. The molecule has 3 rings (SSSR count). The van der Waals surface area contributed by atoms with E-state index in [4.69, 9.17) is 11.6 Å². The molecule has 0 saturated carbocycles. The van der Waals surface area contributed by atoms with Gasteiger partial charge in [0.25, 0.3) is 0 Å². The summed E-state index contributed by atoms with van der Waals surface area (Å²) in [5, 5.41) is 3.70. The summed E-state index contributed by atoms with van der Waals surface area (Å²) in [5.41, 5.74) is 1.66. The predicted molar refractivity (Wildman–Crippen MR) is 91.2 cm³/mol. The van der Waals surface area contributed by atoms with Gasteiger partial charge in [-0.1, -0.05) is 29.8 Å². The Kier molecular flexibility index (Phi) is 4.57. The first kappa shape index (κ1) is 16.2. The van der Waals surface area contributed by atoms with Gasteiger partial charge in [-0.25, -0.2) is 13.4 Å². The van der Waals surface area contributed by atoms with Crippen molar-refractivity contribution >= 4 is 27.3 Å². The van der Waals surface area contributed by atoms with E-state index in [1.165, 1.54) is 10.5 Å². The van der Waals surface area contributed by atoms with Crippen molar-refractivity contribution in [1.29, 1.82) is 0 Å². The van der Waals surface area contributed by atoms with Crippen LogP contribution in [0.1, 0.15) is 12.0 Å². The number of pyridine rings is 1. The number of halogens is 1. The molecule has 0 bridgehead atoms. The van der Waals surface area contributed by atoms with Crippen molar-refractivity contribution < 1.29 is 8.42 Å². The van der Waals surface area contributed by atoms with Crippen LogP contribution in [0.2, 0.25) is 5.15 Å². The molecule has 1 aliphatic heterocycles. The summed E-state index contributed by atoms with van der Waals surface area (Å²) in [6.07, 6.45) is 2.09. The zero-order chi connectivity index (χ0) is 16.4. The number of rotatable bonds is 4. The number of aryl methyl sites for hydroxylation is 1. The summed E-state index contributed by atoms with van der Waals surface area (Å²) in [5.74, 6) is 0. The number of hydrogen-bond donors (Lipinski definition) is 1. The topological polar surface area (TPSA) is 62.3 Å². The van der Waals surface area contributed by atoms with Gasteiger partial charge in [0, 0.05) is 31.0 Å². The Balaban J connectivity index is 1.73. The summed E-state index contributed by atoms with van der Waals surface area (Å²) < 4.78 is 26.9. The fourth-order valence-corrected chi connectivity index (χ4v) is 4.29. The van der Waals surface area contributed by atoms with Crippen LogP contribution in [0.3, 0.4) is 0 Å². The van der Waals surface area contributed by atoms with E-state index >= 15 is 0 Å². The monoisotopic (exact) mass is 351 g/mol. The highest BCUT2D eigenvalue weighted by molar-refractivity contribution is 7.89. The Hall–Kier alpha value is -1.63. The Morgan fingerprint density at radius 3 is 2.74 bits per heavy atom. The SMILES string of the molecule is Cc1cc(S(=O)(=O)N2CCC(Nc3ccccc3)C2)cnc1Cl. The molecule has 2 heterocycles. The smallest absolute Gasteiger partial charge is 0.244 e. The van der Waals surface area contributed by atoms with E-state index in [-0.39, 0.29) is 10.9 Å². The van der Waals surface area contributed by atoms with Crippen molar-refractivity contribution in [1.82, 2.24) is 9.29 Å². The summed E-state index contributed by atoms with van der Waals surface area (Å²) in [4.78, 5) is 4.14. The fourth-order valence-electron chi connectivity index (χ4n) is 2.66. The second-order valence-corrected chi connectivity index (χ2v) is 7.93. The highest BCUT2D eigenvalue weighted by Crippen LogP contribution is 2.24. The van der Waals surface area contributed by atoms with Crippen LogP contribution in [0, 0.1) is 6.92 Å². The minimum Gasteiger partial charge on any atom is -0.381 e. The van der Waals surface area contributed by atoms with E-state index in [1.54, 1.807) is 13.0 Å². The van der Waals surface area contributed by atoms with Gasteiger partial charge >= 0.3 is 0 Å². The Labute approximate surface area is 141 Å². The highest BCUT2D eigenvalue weighted by atomic mass is 35.5. The first-order chi connectivity index (χ1) is 11.0. The third-order valence-electron chi connectivity index (χ3n) is 3.92. The third kappa shape index (κ3) is 3.49. The fraction of sp³-hybridized carbons (Fsp3) is 0.312. The van der Waals surface area contributed by atoms with Crippen LogP contribution < -0.4 is 5.32 Å². The standard InChI is InChI=1S/C16H18ClN3O2S/c1-12-9-15(10-18-16(12)17)23(21,22)20-8-7-14(11-20)19-13-5-3-2-4-6-13/h2-6,9-10,14,19H,7-8,11H2,1H3. The lowest BCUT2D eigenvalue weighted by Gasteiger charge is -2.18. The van der Waals surface area contributed by atoms with Gasteiger partial charge in [-0.05, 0) is 37.1 Å². The number of para-hydroxylation sites is 1. The Bertz CT molecular complexity index is 796. The number of hydrogen-bond acceptors (Lipinski definition) is 4. The van der Waals surface area contributed by atoms with E-state index in [9.17, 15) is 8.42 Å². The minimum atomic E-state index is -3.53. The van der Waals surface area contributed by atoms with Crippen molar-refractivity contribution in [3.63, 3.8) is 0 Å². The lowest BCUT2D eigenvalue weighted by molar-refractivity contribution is 0.474. The van der Waals surface area contributed by atoms with Gasteiger partial charge in [-0.3, -0.25) is 0 Å². The average Bonchev–Trinajstić information content (AvgIpc) is 3.00. The van der Waals surface area contributed by atoms with Crippen LogP contribution in [-0.4, -0.2) is 36.8 Å². The van der Waals surface area contributed by atoms with Crippen LogP contribution in [0.15, 0.2) is 47.5 Å². The first-order valence-corrected chi connectivity index (χ1v) is 9.22. The molecule has 1 fully saturated rings. The third-order valence-corrected chi connectivity index (χ3v) is 6.15. The van der Waals surface area contributed by atoms with Crippen molar-refractivity contribution in [3.8, 4) is 0 Å². The van der Waals surface area contributed by atoms with E-state index in [1.807, 2.05) is 30.3 Å². The maximum atomic E-state index is 12.7. The van der Waals surface area contributed by atoms with Gasteiger partial charge in [0.05, 0.1) is 0 Å². The molecule has 0 aliphatic carbocycles. The van der Waals surface area contributed by atoms with Crippen LogP contribution in [0.25, 0.3) is 0 Å². The molecule has 0 amide bonds. The van der Waals surface area contributed by atoms with Crippen molar-refractivity contribution in [2.75, 3.05) is 18.4 Å². The van der Waals surface area contributed by atoms with Gasteiger partial charge in [-0.2, -0.15) is 4.31 Å². The molecule has 0 radical (unpaired) electrons. The maximum absolute atomic E-state index is 12.7. The molecule has 1 atom stereocenters. The van der Waals surface area contributed by atoms with Crippen LogP contribution in [0.4, 0.5) is 5.69 Å². The lowest BCUT2D eigenvalue weighted by Crippen LogP contribution is -2.31. The number of nitrogens with one attached hydrogen (secondary N) is 1. The van der Waals surface area contributed by atoms with Gasteiger partial charge < -0.3 is 5.32 Å². The van der Waals surface area contributed by atoms with Crippen LogP contribution >= 0.6 is 11.6 Å². The van der Waals surface area contributed by atoms with Crippen molar-refractivity contribution in [2.45, 2.75) is 24.3 Å². The van der Waals surface area contributed by atoms with Crippen LogP contribution in [-0.2, 0) is 10.0 Å². The number of benzene rings is 1. The van der Waals surface area contributed by atoms with Gasteiger partial charge in [0.2, 0.25) is 10.0 Å². The molecule has 2 aromatic rings. The highest BCUT2D eigenvalue weighted by Gasteiger charge is 2.32. The van der Waals surface area contributed by atoms with Gasteiger partial charge in [0.1, 0.15) is 10.0 Å². The molecule has 7 heteroatoms. The van der Waals surface area contributed by atoms with Crippen molar-refractivity contribution in [3.05, 3.63) is 53.3 Å². The summed E-state index contributed by atoms with van der Waals surface area (Å²) >= 11 is 5.87. The summed E-state index contributed by atoms with van der Waals surface area (Å²) in [7, 11) is -3.53. The quantitative estimate of drug-likeness (QED) is 0.860. The molecule has 1 aromatic heterocycles. The van der Waals surface area contributed by atoms with Crippen molar-refractivity contribution in [2.24, 2.45) is 0 Å². The molecule has 0 spiro atoms. The largest absolute Gasteiger partial charge is 0.381 e. The zero-order valence-corrected chi connectivity index (χ0v) is 14.3. The molecule has 122 valence electrons. The Morgan fingerprint density at radius 2 is 2.04 bits per heavy atom. The molecule has 1 unspecified atom stereocenters. The van der Waals surface area contributed by atoms with E-state index < -0.39 is 10.0 Å². The lowest BCUT2D eigenvalue weighted by atomic mass is 10.2. The second kappa shape index (κ2) is 6.47. The number of aromatic nitrogens is 1. The van der Waals surface area contributed by atoms with Gasteiger partial charge in [0.15, 0.2) is 0 Å². The number of nitrogens with zero attached hydrogens (tertiary/aromatic N) is 2.